The number of aryl methyl sites for hydroxylation is 2. The fraction of sp³-hybridized carbons (Fsp3) is 0.263. The third-order valence-electron chi connectivity index (χ3n) is 4.44. The number of nitrogens with zero attached hydrogens (tertiary/aromatic N) is 2. The zero-order valence-electron chi connectivity index (χ0n) is 15.4. The topological polar surface area (TPSA) is 90.3 Å². The van der Waals surface area contributed by atoms with Crippen LogP contribution < -0.4 is 10.9 Å². The number of esters is 1. The van der Waals surface area contributed by atoms with Crippen LogP contribution in [0.2, 0.25) is 0 Å². The summed E-state index contributed by atoms with van der Waals surface area (Å²) in [6.45, 7) is 5.18. The number of para-hydroxylation sites is 1. The predicted molar refractivity (Wildman–Crippen MR) is 104 cm³/mol. The molecule has 1 amide bonds. The van der Waals surface area contributed by atoms with E-state index in [0.717, 1.165) is 16.9 Å². The number of carbonyl (C=O) groups is 2. The van der Waals surface area contributed by atoms with E-state index in [-0.39, 0.29) is 11.5 Å². The van der Waals surface area contributed by atoms with Crippen molar-refractivity contribution in [2.45, 2.75) is 26.8 Å². The summed E-state index contributed by atoms with van der Waals surface area (Å²) >= 11 is 1.15. The number of rotatable bonds is 4. The number of anilines is 1. The molecule has 1 aromatic carbocycles. The number of methoxy groups -OCH3 is 1. The van der Waals surface area contributed by atoms with E-state index < -0.39 is 12.0 Å². The average molecular weight is 385 g/mol. The summed E-state index contributed by atoms with van der Waals surface area (Å²) in [5.41, 5.74) is 1.83. The summed E-state index contributed by atoms with van der Waals surface area (Å²) in [6.07, 6.45) is 1.31. The number of benzene rings is 1. The van der Waals surface area contributed by atoms with Gasteiger partial charge in [0.1, 0.15) is 10.9 Å². The first-order chi connectivity index (χ1) is 12.8. The summed E-state index contributed by atoms with van der Waals surface area (Å²) < 4.78 is 5.92. The Hall–Kier alpha value is -3.00. The van der Waals surface area contributed by atoms with Crippen LogP contribution in [-0.2, 0) is 9.53 Å². The van der Waals surface area contributed by atoms with E-state index in [1.807, 2.05) is 31.2 Å². The molecule has 1 unspecified atom stereocenters. The molecule has 7 nitrogen and oxygen atoms in total. The van der Waals surface area contributed by atoms with Crippen LogP contribution in [0, 0.1) is 13.8 Å². The Labute approximate surface area is 159 Å². The Balaban J connectivity index is 2.04. The molecule has 1 N–H and O–H groups in total. The maximum atomic E-state index is 12.8. The van der Waals surface area contributed by atoms with Gasteiger partial charge < -0.3 is 10.1 Å². The van der Waals surface area contributed by atoms with E-state index in [2.05, 4.69) is 10.3 Å². The molecule has 27 heavy (non-hydrogen) atoms. The fourth-order valence-corrected chi connectivity index (χ4v) is 3.84. The van der Waals surface area contributed by atoms with Gasteiger partial charge in [0.25, 0.3) is 11.5 Å². The van der Waals surface area contributed by atoms with E-state index in [9.17, 15) is 14.4 Å². The molecule has 0 bridgehead atoms. The van der Waals surface area contributed by atoms with Gasteiger partial charge in [0.15, 0.2) is 0 Å². The molecule has 0 radical (unpaired) electrons. The Morgan fingerprint density at radius 2 is 1.96 bits per heavy atom. The Bertz CT molecular complexity index is 1100. The van der Waals surface area contributed by atoms with E-state index in [0.29, 0.717) is 26.3 Å². The summed E-state index contributed by atoms with van der Waals surface area (Å²) in [4.78, 5) is 42.5. The first-order valence-corrected chi connectivity index (χ1v) is 9.11. The van der Waals surface area contributed by atoms with Gasteiger partial charge in [0, 0.05) is 5.69 Å². The van der Waals surface area contributed by atoms with E-state index in [1.54, 1.807) is 13.8 Å². The summed E-state index contributed by atoms with van der Waals surface area (Å²) in [7, 11) is 1.26. The molecule has 0 aliphatic carbocycles. The lowest BCUT2D eigenvalue weighted by Gasteiger charge is -2.12. The van der Waals surface area contributed by atoms with E-state index in [1.165, 1.54) is 18.0 Å². The van der Waals surface area contributed by atoms with Crippen LogP contribution in [0.15, 0.2) is 35.4 Å². The van der Waals surface area contributed by atoms with Crippen LogP contribution in [-0.4, -0.2) is 28.5 Å². The molecule has 0 saturated heterocycles. The number of hydrogen-bond donors (Lipinski definition) is 1. The third kappa shape index (κ3) is 3.35. The highest BCUT2D eigenvalue weighted by Gasteiger charge is 2.23. The third-order valence-corrected chi connectivity index (χ3v) is 5.63. The lowest BCUT2D eigenvalue weighted by Crippen LogP contribution is -2.29. The van der Waals surface area contributed by atoms with E-state index in [4.69, 9.17) is 4.74 Å². The molecular formula is C19H19N3O4S. The number of carbonyl (C=O) groups excluding carboxylic acids is 2. The molecule has 2 aromatic heterocycles. The largest absolute Gasteiger partial charge is 0.467 e. The SMILES string of the molecule is COC(=O)C(C)n1cnc2sc(C(=O)Nc3ccccc3C)c(C)c2c1=O. The Kier molecular flexibility index (Phi) is 5.09. The van der Waals surface area contributed by atoms with Gasteiger partial charge in [-0.2, -0.15) is 0 Å². The van der Waals surface area contributed by atoms with Gasteiger partial charge in [-0.15, -0.1) is 11.3 Å². The van der Waals surface area contributed by atoms with Crippen molar-refractivity contribution in [3.8, 4) is 0 Å². The van der Waals surface area contributed by atoms with Crippen molar-refractivity contribution in [1.29, 1.82) is 0 Å². The number of nitrogens with one attached hydrogen (secondary N) is 1. The van der Waals surface area contributed by atoms with Crippen molar-refractivity contribution in [3.63, 3.8) is 0 Å². The monoisotopic (exact) mass is 385 g/mol. The molecule has 1 atom stereocenters. The Morgan fingerprint density at radius 1 is 1.26 bits per heavy atom. The minimum atomic E-state index is -0.803. The molecule has 0 fully saturated rings. The van der Waals surface area contributed by atoms with Crippen molar-refractivity contribution in [1.82, 2.24) is 9.55 Å². The van der Waals surface area contributed by atoms with E-state index >= 15 is 0 Å². The van der Waals surface area contributed by atoms with Crippen LogP contribution in [0.3, 0.4) is 0 Å². The molecule has 2 heterocycles. The van der Waals surface area contributed by atoms with Gasteiger partial charge in [-0.05, 0) is 38.0 Å². The number of hydrogen-bond acceptors (Lipinski definition) is 6. The normalized spacial score (nSPS) is 12.0. The predicted octanol–water partition coefficient (Wildman–Crippen LogP) is 3.06. The van der Waals surface area contributed by atoms with Crippen LogP contribution in [0.1, 0.15) is 33.8 Å². The fourth-order valence-electron chi connectivity index (χ4n) is 2.81. The first-order valence-electron chi connectivity index (χ1n) is 8.30. The van der Waals surface area contributed by atoms with Crippen LogP contribution in [0.5, 0.6) is 0 Å². The van der Waals surface area contributed by atoms with Crippen molar-refractivity contribution >= 4 is 39.1 Å². The van der Waals surface area contributed by atoms with Crippen molar-refractivity contribution in [3.05, 3.63) is 57.0 Å². The lowest BCUT2D eigenvalue weighted by molar-refractivity contribution is -0.144. The average Bonchev–Trinajstić information content (AvgIpc) is 3.00. The second-order valence-corrected chi connectivity index (χ2v) is 7.16. The molecule has 3 rings (SSSR count). The first kappa shape index (κ1) is 18.8. The number of amides is 1. The minimum absolute atomic E-state index is 0.295. The molecule has 0 saturated carbocycles. The van der Waals surface area contributed by atoms with Gasteiger partial charge in [-0.3, -0.25) is 14.2 Å². The number of thiophene rings is 1. The highest BCUT2D eigenvalue weighted by molar-refractivity contribution is 7.20. The van der Waals surface area contributed by atoms with Gasteiger partial charge in [0.2, 0.25) is 0 Å². The number of fused-ring (bicyclic) bond motifs is 1. The molecule has 0 spiro atoms. The second-order valence-electron chi connectivity index (χ2n) is 6.16. The number of aromatic nitrogens is 2. The molecule has 0 aliphatic rings. The van der Waals surface area contributed by atoms with Gasteiger partial charge in [0.05, 0.1) is 23.7 Å². The maximum Gasteiger partial charge on any atom is 0.328 e. The molecule has 8 heteroatoms. The van der Waals surface area contributed by atoms with Gasteiger partial charge in [-0.1, -0.05) is 18.2 Å². The van der Waals surface area contributed by atoms with Crippen LogP contribution in [0.4, 0.5) is 5.69 Å². The van der Waals surface area contributed by atoms with Crippen molar-refractivity contribution in [2.24, 2.45) is 0 Å². The van der Waals surface area contributed by atoms with Crippen molar-refractivity contribution in [2.75, 3.05) is 12.4 Å². The lowest BCUT2D eigenvalue weighted by atomic mass is 10.1. The second kappa shape index (κ2) is 7.32. The quantitative estimate of drug-likeness (QED) is 0.697. The molecule has 0 aliphatic heterocycles. The highest BCUT2D eigenvalue weighted by Crippen LogP contribution is 2.28. The molecular weight excluding hydrogens is 366 g/mol. The summed E-state index contributed by atoms with van der Waals surface area (Å²) in [6, 6.07) is 6.66. The van der Waals surface area contributed by atoms with Crippen molar-refractivity contribution < 1.29 is 14.3 Å². The molecule has 3 aromatic rings. The highest BCUT2D eigenvalue weighted by atomic mass is 32.1. The Morgan fingerprint density at radius 3 is 2.63 bits per heavy atom. The zero-order chi connectivity index (χ0) is 19.7. The smallest absolute Gasteiger partial charge is 0.328 e. The van der Waals surface area contributed by atoms with Gasteiger partial charge in [-0.25, -0.2) is 9.78 Å². The zero-order valence-corrected chi connectivity index (χ0v) is 16.2. The molecule has 140 valence electrons. The van der Waals surface area contributed by atoms with Gasteiger partial charge >= 0.3 is 5.97 Å². The standard InChI is InChI=1S/C19H19N3O4S/c1-10-7-5-6-8-13(10)21-16(23)15-11(2)14-17(27-15)20-9-22(18(14)24)12(3)19(25)26-4/h5-9,12H,1-4H3,(H,21,23). The minimum Gasteiger partial charge on any atom is -0.467 e. The van der Waals surface area contributed by atoms with Crippen LogP contribution in [0.25, 0.3) is 10.2 Å². The summed E-state index contributed by atoms with van der Waals surface area (Å²) in [5.74, 6) is -0.833. The van der Waals surface area contributed by atoms with Crippen LogP contribution >= 0.6 is 11.3 Å². The summed E-state index contributed by atoms with van der Waals surface area (Å²) in [5, 5.41) is 3.21. The number of ether oxygens (including phenoxy) is 1. The maximum absolute atomic E-state index is 12.8.